The van der Waals surface area contributed by atoms with E-state index in [0.29, 0.717) is 6.29 Å². The molecule has 0 bridgehead atoms. The molecule has 1 saturated heterocycles. The van der Waals surface area contributed by atoms with Crippen molar-refractivity contribution in [3.05, 3.63) is 0 Å². The van der Waals surface area contributed by atoms with Gasteiger partial charge in [0.15, 0.2) is 0 Å². The van der Waals surface area contributed by atoms with Gasteiger partial charge in [-0.15, -0.1) is 0 Å². The van der Waals surface area contributed by atoms with E-state index in [1.165, 1.54) is 4.90 Å². The first-order valence-electron chi connectivity index (χ1n) is 6.45. The predicted octanol–water partition coefficient (Wildman–Crippen LogP) is 1.83. The van der Waals surface area contributed by atoms with Crippen LogP contribution in [0, 0.1) is 5.41 Å². The number of aldehydes is 1. The van der Waals surface area contributed by atoms with Gasteiger partial charge >= 0.3 is 6.09 Å². The van der Waals surface area contributed by atoms with Crippen molar-refractivity contribution in [2.45, 2.75) is 39.6 Å². The number of hydrogen-bond donors (Lipinski definition) is 0. The first kappa shape index (κ1) is 8.13. The molecule has 1 aliphatic rings. The molecule has 1 amide bonds. The number of carbonyl (C=O) groups excluding carboxylic acids is 2. The van der Waals surface area contributed by atoms with E-state index in [1.807, 2.05) is 0 Å². The zero-order valence-electron chi connectivity index (χ0n) is 12.4. The fourth-order valence-corrected chi connectivity index (χ4v) is 1.41. The molecule has 0 aromatic heterocycles. The topological polar surface area (TPSA) is 46.6 Å². The van der Waals surface area contributed by atoms with E-state index in [-0.39, 0.29) is 19.5 Å². The molecule has 1 rings (SSSR count). The fourth-order valence-electron chi connectivity index (χ4n) is 1.41. The van der Waals surface area contributed by atoms with Gasteiger partial charge in [0.1, 0.15) is 11.9 Å². The van der Waals surface area contributed by atoms with Gasteiger partial charge in [0, 0.05) is 22.6 Å². The lowest BCUT2D eigenvalue weighted by molar-refractivity contribution is -0.114. The highest BCUT2D eigenvalue weighted by molar-refractivity contribution is 5.71. The van der Waals surface area contributed by atoms with Crippen molar-refractivity contribution in [3.63, 3.8) is 0 Å². The van der Waals surface area contributed by atoms with Crippen molar-refractivity contribution >= 4 is 12.4 Å². The van der Waals surface area contributed by atoms with Crippen LogP contribution in [0.25, 0.3) is 0 Å². The summed E-state index contributed by atoms with van der Waals surface area (Å²) in [6.07, 6.45) is 0.0202. The maximum absolute atomic E-state index is 11.8. The third kappa shape index (κ3) is 3.22. The van der Waals surface area contributed by atoms with E-state index >= 15 is 0 Å². The van der Waals surface area contributed by atoms with Crippen molar-refractivity contribution in [1.29, 1.82) is 0 Å². The number of likely N-dealkylation sites (tertiary alicyclic amines) is 1. The van der Waals surface area contributed by atoms with Crippen LogP contribution >= 0.6 is 0 Å². The first-order chi connectivity index (χ1) is 8.01. The summed E-state index contributed by atoms with van der Waals surface area (Å²) in [7, 11) is 0. The van der Waals surface area contributed by atoms with Gasteiger partial charge in [0.25, 0.3) is 0 Å². The smallest absolute Gasteiger partial charge is 0.410 e. The van der Waals surface area contributed by atoms with Gasteiger partial charge in [0.05, 0.1) is 0 Å². The van der Waals surface area contributed by atoms with Gasteiger partial charge in [-0.3, -0.25) is 0 Å². The van der Waals surface area contributed by atoms with Gasteiger partial charge in [-0.25, -0.2) is 4.79 Å². The summed E-state index contributed by atoms with van der Waals surface area (Å²) in [6.45, 7) is 2.92. The maximum Gasteiger partial charge on any atom is 0.410 e. The highest BCUT2D eigenvalue weighted by Gasteiger charge is 2.37. The molecule has 1 aliphatic heterocycles. The average Bonchev–Trinajstić information content (AvgIpc) is 2.59. The van der Waals surface area contributed by atoms with E-state index in [9.17, 15) is 9.59 Å². The van der Waals surface area contributed by atoms with Crippen LogP contribution in [-0.2, 0) is 9.53 Å². The molecule has 0 aromatic rings. The molecule has 15 heavy (non-hydrogen) atoms. The monoisotopic (exact) mass is 216 g/mol. The summed E-state index contributed by atoms with van der Waals surface area (Å²) in [5, 5.41) is 0. The third-order valence-electron chi connectivity index (χ3n) is 2.18. The molecule has 4 nitrogen and oxygen atoms in total. The molecule has 1 fully saturated rings. The molecule has 0 saturated carbocycles. The highest BCUT2D eigenvalue weighted by Crippen LogP contribution is 2.28. The second kappa shape index (κ2) is 3.83. The maximum atomic E-state index is 11.8. The lowest BCUT2D eigenvalue weighted by Gasteiger charge is -2.25. The molecular formula is C11H19NO3. The van der Waals surface area contributed by atoms with Crippen LogP contribution in [0.15, 0.2) is 0 Å². The second-order valence-corrected chi connectivity index (χ2v) is 4.93. The van der Waals surface area contributed by atoms with E-state index in [2.05, 4.69) is 0 Å². The molecule has 0 spiro atoms. The Bertz CT molecular complexity index is 348. The summed E-state index contributed by atoms with van der Waals surface area (Å²) in [4.78, 5) is 24.2. The standard InChI is InChI=1S/C11H19NO3/c1-10(2,3)15-9(14)12-6-5-11(4,7-12)8-13/h8H,5-7H2,1-4H3/i4D3. The van der Waals surface area contributed by atoms with Crippen LogP contribution in [0.3, 0.4) is 0 Å². The van der Waals surface area contributed by atoms with Crippen LogP contribution in [0.4, 0.5) is 4.79 Å². The Morgan fingerprint density at radius 3 is 2.67 bits per heavy atom. The Labute approximate surface area is 94.8 Å². The lowest BCUT2D eigenvalue weighted by Crippen LogP contribution is -2.36. The van der Waals surface area contributed by atoms with Crippen molar-refractivity contribution in [3.8, 4) is 0 Å². The minimum absolute atomic E-state index is 0.109. The minimum atomic E-state index is -2.40. The number of carbonyl (C=O) groups is 2. The molecule has 1 unspecified atom stereocenters. The molecule has 4 heteroatoms. The van der Waals surface area contributed by atoms with Crippen LogP contribution in [0.2, 0.25) is 0 Å². The Balaban J connectivity index is 2.77. The largest absolute Gasteiger partial charge is 0.444 e. The normalized spacial score (nSPS) is 30.3. The zero-order valence-corrected chi connectivity index (χ0v) is 9.37. The van der Waals surface area contributed by atoms with Crippen molar-refractivity contribution in [2.75, 3.05) is 13.1 Å². The lowest BCUT2D eigenvalue weighted by atomic mass is 9.92. The van der Waals surface area contributed by atoms with E-state index in [4.69, 9.17) is 8.85 Å². The summed E-state index contributed by atoms with van der Waals surface area (Å²) in [5.41, 5.74) is -2.09. The van der Waals surface area contributed by atoms with Crippen LogP contribution < -0.4 is 0 Å². The van der Waals surface area contributed by atoms with E-state index in [1.54, 1.807) is 20.8 Å². The quantitative estimate of drug-likeness (QED) is 0.628. The number of ether oxygens (including phenoxy) is 1. The molecule has 0 aromatic carbocycles. The SMILES string of the molecule is [2H]C([2H])([2H])C1(C=O)CCN(C(=O)OC(C)(C)C)C1. The van der Waals surface area contributed by atoms with Gasteiger partial charge < -0.3 is 14.4 Å². The Kier molecular flexibility index (Phi) is 2.08. The predicted molar refractivity (Wildman–Crippen MR) is 56.6 cm³/mol. The van der Waals surface area contributed by atoms with Gasteiger partial charge in [-0.1, -0.05) is 6.85 Å². The van der Waals surface area contributed by atoms with Crippen molar-refractivity contribution in [1.82, 2.24) is 4.90 Å². The molecule has 1 atom stereocenters. The fraction of sp³-hybridized carbons (Fsp3) is 0.818. The summed E-state index contributed by atoms with van der Waals surface area (Å²) < 4.78 is 27.4. The van der Waals surface area contributed by atoms with Crippen molar-refractivity contribution in [2.24, 2.45) is 5.41 Å². The first-order valence-corrected chi connectivity index (χ1v) is 4.95. The summed E-state index contributed by atoms with van der Waals surface area (Å²) in [5.74, 6) is 0. The molecule has 0 radical (unpaired) electrons. The van der Waals surface area contributed by atoms with Crippen LogP contribution in [0.1, 0.15) is 38.2 Å². The number of nitrogens with zero attached hydrogens (tertiary/aromatic N) is 1. The molecule has 0 aliphatic carbocycles. The van der Waals surface area contributed by atoms with Gasteiger partial charge in [-0.05, 0) is 27.2 Å². The Hall–Kier alpha value is -1.06. The van der Waals surface area contributed by atoms with E-state index < -0.39 is 24.0 Å². The molecule has 0 N–H and O–H groups in total. The molecule has 1 heterocycles. The Morgan fingerprint density at radius 2 is 2.27 bits per heavy atom. The van der Waals surface area contributed by atoms with Gasteiger partial charge in [0.2, 0.25) is 0 Å². The molecule has 86 valence electrons. The average molecular weight is 216 g/mol. The van der Waals surface area contributed by atoms with Crippen LogP contribution in [0.5, 0.6) is 0 Å². The summed E-state index contributed by atoms with van der Waals surface area (Å²) >= 11 is 0. The second-order valence-electron chi connectivity index (χ2n) is 4.93. The highest BCUT2D eigenvalue weighted by atomic mass is 16.6. The number of amides is 1. The third-order valence-corrected chi connectivity index (χ3v) is 2.18. The number of rotatable bonds is 1. The van der Waals surface area contributed by atoms with Crippen LogP contribution in [-0.4, -0.2) is 36.0 Å². The minimum Gasteiger partial charge on any atom is -0.444 e. The Morgan fingerprint density at radius 1 is 1.60 bits per heavy atom. The van der Waals surface area contributed by atoms with Gasteiger partial charge in [-0.2, -0.15) is 0 Å². The van der Waals surface area contributed by atoms with E-state index in [0.717, 1.165) is 0 Å². The molecular weight excluding hydrogens is 194 g/mol. The van der Waals surface area contributed by atoms with Crippen molar-refractivity contribution < 1.29 is 18.4 Å². The zero-order chi connectivity index (χ0) is 14.2. The summed E-state index contributed by atoms with van der Waals surface area (Å²) in [6, 6.07) is 0. The number of hydrogen-bond acceptors (Lipinski definition) is 3.